The molecule has 0 aliphatic heterocycles. The minimum absolute atomic E-state index is 0.235. The summed E-state index contributed by atoms with van der Waals surface area (Å²) in [5.41, 5.74) is 0.394. The van der Waals surface area contributed by atoms with Gasteiger partial charge in [0, 0.05) is 6.54 Å². The van der Waals surface area contributed by atoms with Crippen molar-refractivity contribution in [2.24, 2.45) is 0 Å². The molecule has 0 spiro atoms. The Kier molecular flexibility index (Phi) is 4.71. The Balaban J connectivity index is 1.83. The summed E-state index contributed by atoms with van der Waals surface area (Å²) in [5.74, 6) is 0.210. The average molecular weight is 327 g/mol. The van der Waals surface area contributed by atoms with E-state index < -0.39 is 5.60 Å². The molecule has 0 saturated heterocycles. The number of carbonyl (C=O) groups is 1. The summed E-state index contributed by atoms with van der Waals surface area (Å²) >= 11 is 0. The van der Waals surface area contributed by atoms with Gasteiger partial charge < -0.3 is 10.4 Å². The minimum atomic E-state index is -0.802. The van der Waals surface area contributed by atoms with E-state index in [1.807, 2.05) is 30.3 Å². The monoisotopic (exact) mass is 327 g/mol. The van der Waals surface area contributed by atoms with Gasteiger partial charge in [0.05, 0.1) is 5.60 Å². The van der Waals surface area contributed by atoms with Crippen molar-refractivity contribution in [3.8, 4) is 0 Å². The molecule has 1 aromatic heterocycles. The Bertz CT molecular complexity index is 732. The number of amides is 1. The van der Waals surface area contributed by atoms with Gasteiger partial charge in [-0.2, -0.15) is 4.68 Å². The lowest BCUT2D eigenvalue weighted by Gasteiger charge is -2.22. The zero-order chi connectivity index (χ0) is 17.0. The zero-order valence-corrected chi connectivity index (χ0v) is 13.6. The maximum absolute atomic E-state index is 12.7. The van der Waals surface area contributed by atoms with Crippen molar-refractivity contribution in [1.29, 1.82) is 0 Å². The number of aromatic nitrogens is 4. The van der Waals surface area contributed by atoms with Crippen LogP contribution in [0.4, 0.5) is 0 Å². The molecule has 24 heavy (non-hydrogen) atoms. The van der Waals surface area contributed by atoms with Gasteiger partial charge in [0.25, 0.3) is 5.91 Å². The number of aliphatic hydroxyl groups is 1. The van der Waals surface area contributed by atoms with E-state index in [-0.39, 0.29) is 12.5 Å². The van der Waals surface area contributed by atoms with Crippen LogP contribution in [0.25, 0.3) is 11.8 Å². The highest BCUT2D eigenvalue weighted by molar-refractivity contribution is 6.18. The second-order valence-corrected chi connectivity index (χ2v) is 6.19. The number of nitrogens with zero attached hydrogens (tertiary/aromatic N) is 4. The van der Waals surface area contributed by atoms with Gasteiger partial charge in [-0.1, -0.05) is 43.2 Å². The average Bonchev–Trinajstić information content (AvgIpc) is 3.21. The summed E-state index contributed by atoms with van der Waals surface area (Å²) in [6.45, 7) is 1.97. The van der Waals surface area contributed by atoms with Crippen molar-refractivity contribution in [3.63, 3.8) is 0 Å². The summed E-state index contributed by atoms with van der Waals surface area (Å²) in [6.07, 6.45) is 5.15. The van der Waals surface area contributed by atoms with Crippen LogP contribution in [-0.4, -0.2) is 43.4 Å². The number of aryl methyl sites for hydroxylation is 1. The lowest BCUT2D eigenvalue weighted by molar-refractivity contribution is -0.117. The second kappa shape index (κ2) is 6.92. The van der Waals surface area contributed by atoms with Gasteiger partial charge in [-0.15, -0.1) is 5.10 Å². The Hall–Kier alpha value is -2.54. The van der Waals surface area contributed by atoms with Crippen LogP contribution in [0.5, 0.6) is 0 Å². The van der Waals surface area contributed by atoms with E-state index in [1.165, 1.54) is 4.68 Å². The van der Waals surface area contributed by atoms with E-state index in [4.69, 9.17) is 0 Å². The Labute approximate surface area is 140 Å². The lowest BCUT2D eigenvalue weighted by Crippen LogP contribution is -2.41. The number of tetrazole rings is 1. The van der Waals surface area contributed by atoms with E-state index >= 15 is 0 Å². The molecule has 1 aliphatic carbocycles. The van der Waals surface area contributed by atoms with Crippen LogP contribution < -0.4 is 5.32 Å². The molecular formula is C17H21N5O2. The number of nitrogens with one attached hydrogen (secondary N) is 1. The fraction of sp³-hybridized carbons (Fsp3) is 0.412. The van der Waals surface area contributed by atoms with Gasteiger partial charge in [-0.25, -0.2) is 0 Å². The molecule has 1 amide bonds. The highest BCUT2D eigenvalue weighted by Gasteiger charge is 2.31. The number of hydrogen-bond donors (Lipinski definition) is 2. The van der Waals surface area contributed by atoms with Crippen LogP contribution in [0, 0.1) is 6.92 Å². The number of hydrogen-bond acceptors (Lipinski definition) is 5. The molecule has 2 N–H and O–H groups in total. The number of carbonyl (C=O) groups excluding carboxylic acids is 1. The molecule has 2 aromatic rings. The van der Waals surface area contributed by atoms with Crippen LogP contribution in [0.2, 0.25) is 0 Å². The second-order valence-electron chi connectivity index (χ2n) is 6.19. The van der Waals surface area contributed by atoms with Crippen molar-refractivity contribution in [2.75, 3.05) is 6.54 Å². The normalized spacial score (nSPS) is 17.0. The SMILES string of the molecule is Cc1nnnn1/C(=C/c1ccccc1)C(=O)NCC1(O)CCCC1. The maximum atomic E-state index is 12.7. The molecule has 0 atom stereocenters. The fourth-order valence-corrected chi connectivity index (χ4v) is 2.93. The van der Waals surface area contributed by atoms with Gasteiger partial charge >= 0.3 is 0 Å². The number of rotatable bonds is 5. The van der Waals surface area contributed by atoms with Gasteiger partial charge in [0.2, 0.25) is 0 Å². The third-order valence-corrected chi connectivity index (χ3v) is 4.30. The standard InChI is InChI=1S/C17H21N5O2/c1-13-19-20-21-22(13)15(11-14-7-3-2-4-8-14)16(23)18-12-17(24)9-5-6-10-17/h2-4,7-8,11,24H,5-6,9-10,12H2,1H3,(H,18,23)/b15-11+. The van der Waals surface area contributed by atoms with Gasteiger partial charge in [0.1, 0.15) is 5.70 Å². The quantitative estimate of drug-likeness (QED) is 0.810. The topological polar surface area (TPSA) is 92.9 Å². The van der Waals surface area contributed by atoms with Crippen molar-refractivity contribution in [1.82, 2.24) is 25.5 Å². The molecule has 126 valence electrons. The fourth-order valence-electron chi connectivity index (χ4n) is 2.93. The number of benzene rings is 1. The summed E-state index contributed by atoms with van der Waals surface area (Å²) in [7, 11) is 0. The summed E-state index contributed by atoms with van der Waals surface area (Å²) in [5, 5.41) is 24.6. The van der Waals surface area contributed by atoms with Gasteiger partial charge in [-0.3, -0.25) is 4.79 Å². The van der Waals surface area contributed by atoms with Crippen molar-refractivity contribution in [3.05, 3.63) is 41.7 Å². The Morgan fingerprint density at radius 3 is 2.67 bits per heavy atom. The van der Waals surface area contributed by atoms with Crippen molar-refractivity contribution >= 4 is 17.7 Å². The summed E-state index contributed by atoms with van der Waals surface area (Å²) in [6, 6.07) is 9.51. The summed E-state index contributed by atoms with van der Waals surface area (Å²) in [4.78, 5) is 12.7. The minimum Gasteiger partial charge on any atom is -0.388 e. The molecule has 1 fully saturated rings. The molecule has 1 saturated carbocycles. The highest BCUT2D eigenvalue weighted by atomic mass is 16.3. The summed E-state index contributed by atoms with van der Waals surface area (Å²) < 4.78 is 1.40. The first-order valence-electron chi connectivity index (χ1n) is 8.10. The van der Waals surface area contributed by atoms with E-state index in [0.717, 1.165) is 31.2 Å². The predicted octanol–water partition coefficient (Wildman–Crippen LogP) is 1.40. The third kappa shape index (κ3) is 3.68. The first-order valence-corrected chi connectivity index (χ1v) is 8.10. The molecule has 1 aliphatic rings. The van der Waals surface area contributed by atoms with Gasteiger partial charge in [0.15, 0.2) is 5.82 Å². The highest BCUT2D eigenvalue weighted by Crippen LogP contribution is 2.28. The van der Waals surface area contributed by atoms with Gasteiger partial charge in [-0.05, 0) is 41.8 Å². The van der Waals surface area contributed by atoms with Crippen molar-refractivity contribution in [2.45, 2.75) is 38.2 Å². The lowest BCUT2D eigenvalue weighted by atomic mass is 10.0. The van der Waals surface area contributed by atoms with Crippen LogP contribution >= 0.6 is 0 Å². The smallest absolute Gasteiger partial charge is 0.270 e. The van der Waals surface area contributed by atoms with Crippen LogP contribution in [0.15, 0.2) is 30.3 Å². The molecule has 3 rings (SSSR count). The van der Waals surface area contributed by atoms with Crippen LogP contribution in [-0.2, 0) is 4.79 Å². The molecule has 0 radical (unpaired) electrons. The molecule has 1 heterocycles. The molecule has 1 aromatic carbocycles. The van der Waals surface area contributed by atoms with Crippen LogP contribution in [0.3, 0.4) is 0 Å². The zero-order valence-electron chi connectivity index (χ0n) is 13.6. The Morgan fingerprint density at radius 1 is 1.33 bits per heavy atom. The van der Waals surface area contributed by atoms with Crippen molar-refractivity contribution < 1.29 is 9.90 Å². The molecule has 7 heteroatoms. The predicted molar refractivity (Wildman–Crippen MR) is 89.6 cm³/mol. The Morgan fingerprint density at radius 2 is 2.04 bits per heavy atom. The maximum Gasteiger partial charge on any atom is 0.270 e. The van der Waals surface area contributed by atoms with Crippen LogP contribution in [0.1, 0.15) is 37.1 Å². The van der Waals surface area contributed by atoms with E-state index in [9.17, 15) is 9.90 Å². The van der Waals surface area contributed by atoms with E-state index in [1.54, 1.807) is 13.0 Å². The van der Waals surface area contributed by atoms with E-state index in [2.05, 4.69) is 20.8 Å². The first-order chi connectivity index (χ1) is 11.6. The molecule has 0 unspecified atom stereocenters. The third-order valence-electron chi connectivity index (χ3n) is 4.30. The molecule has 0 bridgehead atoms. The molecular weight excluding hydrogens is 306 g/mol. The largest absolute Gasteiger partial charge is 0.388 e. The molecule has 7 nitrogen and oxygen atoms in total. The first kappa shape index (κ1) is 16.3. The van der Waals surface area contributed by atoms with E-state index in [0.29, 0.717) is 11.5 Å².